The van der Waals surface area contributed by atoms with Crippen molar-refractivity contribution in [3.05, 3.63) is 12.7 Å². The Morgan fingerprint density at radius 3 is 2.65 bits per heavy atom. The van der Waals surface area contributed by atoms with Gasteiger partial charge in [0.1, 0.15) is 6.04 Å². The highest BCUT2D eigenvalue weighted by molar-refractivity contribution is 9.09. The Morgan fingerprint density at radius 2 is 2.13 bits per heavy atom. The lowest BCUT2D eigenvalue weighted by atomic mass is 9.71. The van der Waals surface area contributed by atoms with Crippen molar-refractivity contribution < 1.29 is 24.2 Å². The minimum absolute atomic E-state index is 0.00173. The number of hydrogen-bond donors (Lipinski definition) is 1. The van der Waals surface area contributed by atoms with E-state index >= 15 is 0 Å². The minimum atomic E-state index is -0.763. The number of thioether (sulfide) groups is 1. The number of hydrogen-bond acceptors (Lipinski definition) is 6. The van der Waals surface area contributed by atoms with E-state index in [0.29, 0.717) is 13.0 Å². The summed E-state index contributed by atoms with van der Waals surface area (Å²) >= 11 is 5.29. The van der Waals surface area contributed by atoms with Crippen LogP contribution in [0.5, 0.6) is 0 Å². The summed E-state index contributed by atoms with van der Waals surface area (Å²) in [4.78, 5) is 44.0. The van der Waals surface area contributed by atoms with Crippen LogP contribution in [-0.4, -0.2) is 84.9 Å². The summed E-state index contributed by atoms with van der Waals surface area (Å²) in [5.41, 5.74) is -0.479. The number of likely N-dealkylation sites (tertiary alicyclic amines) is 1. The van der Waals surface area contributed by atoms with Gasteiger partial charge in [-0.3, -0.25) is 14.4 Å². The maximum absolute atomic E-state index is 14.1. The maximum Gasteiger partial charge on any atom is 0.310 e. The molecule has 7 nitrogen and oxygen atoms in total. The third-order valence-corrected chi connectivity index (χ3v) is 9.87. The quantitative estimate of drug-likeness (QED) is 0.317. The Labute approximate surface area is 197 Å². The predicted octanol–water partition coefficient (Wildman–Crippen LogP) is 2.21. The van der Waals surface area contributed by atoms with Gasteiger partial charge in [0.15, 0.2) is 0 Å². The van der Waals surface area contributed by atoms with Gasteiger partial charge < -0.3 is 19.6 Å². The summed E-state index contributed by atoms with van der Waals surface area (Å²) in [5.74, 6) is -2.03. The second-order valence-corrected chi connectivity index (χ2v) is 12.3. The van der Waals surface area contributed by atoms with Crippen LogP contribution >= 0.6 is 27.7 Å². The van der Waals surface area contributed by atoms with Crippen molar-refractivity contribution in [1.29, 1.82) is 0 Å². The van der Waals surface area contributed by atoms with E-state index in [9.17, 15) is 19.5 Å². The van der Waals surface area contributed by atoms with Crippen LogP contribution in [0.3, 0.4) is 0 Å². The fourth-order valence-electron chi connectivity index (χ4n) is 5.39. The molecule has 7 atom stereocenters. The lowest BCUT2D eigenvalue weighted by Gasteiger charge is -2.43. The summed E-state index contributed by atoms with van der Waals surface area (Å²) < 4.78 is 4.60. The average Bonchev–Trinajstić information content (AvgIpc) is 3.27. The van der Waals surface area contributed by atoms with Crippen LogP contribution < -0.4 is 0 Å². The molecule has 3 unspecified atom stereocenters. The van der Waals surface area contributed by atoms with E-state index in [4.69, 9.17) is 4.74 Å². The Kier molecular flexibility index (Phi) is 6.90. The Morgan fingerprint density at radius 1 is 1.48 bits per heavy atom. The SMILES string of the molecule is C=CCN(C(=O)C1N([C@H](C)CO)C(=O)[C@@H]2[C@@H](C(=O)OCC)[C@@H]3SC12CC3Br)C(C)(C)C. The van der Waals surface area contributed by atoms with E-state index in [2.05, 4.69) is 22.5 Å². The van der Waals surface area contributed by atoms with Crippen molar-refractivity contribution >= 4 is 45.5 Å². The van der Waals surface area contributed by atoms with E-state index in [-0.39, 0.29) is 41.1 Å². The van der Waals surface area contributed by atoms with Gasteiger partial charge in [0.2, 0.25) is 11.8 Å². The molecular formula is C22H33BrN2O5S. The first kappa shape index (κ1) is 24.6. The molecule has 0 aromatic heterocycles. The number of aliphatic hydroxyl groups is 1. The molecule has 3 fully saturated rings. The molecule has 0 radical (unpaired) electrons. The highest BCUT2D eigenvalue weighted by atomic mass is 79.9. The van der Waals surface area contributed by atoms with Gasteiger partial charge in [0.25, 0.3) is 0 Å². The van der Waals surface area contributed by atoms with Crippen molar-refractivity contribution in [2.45, 2.75) is 73.5 Å². The van der Waals surface area contributed by atoms with Crippen LogP contribution in [0.15, 0.2) is 12.7 Å². The zero-order valence-corrected chi connectivity index (χ0v) is 21.2. The number of aliphatic hydroxyl groups excluding tert-OH is 1. The zero-order valence-electron chi connectivity index (χ0n) is 18.8. The smallest absolute Gasteiger partial charge is 0.310 e. The number of carbonyl (C=O) groups excluding carboxylic acids is 3. The molecule has 3 saturated heterocycles. The van der Waals surface area contributed by atoms with E-state index < -0.39 is 34.2 Å². The van der Waals surface area contributed by atoms with E-state index in [1.54, 1.807) is 36.6 Å². The Hall–Kier alpha value is -1.06. The summed E-state index contributed by atoms with van der Waals surface area (Å²) in [6, 6.07) is -1.30. The highest BCUT2D eigenvalue weighted by Crippen LogP contribution is 2.68. The number of alkyl halides is 1. The van der Waals surface area contributed by atoms with Gasteiger partial charge in [0.05, 0.1) is 35.8 Å². The first-order valence-electron chi connectivity index (χ1n) is 10.8. The van der Waals surface area contributed by atoms with Gasteiger partial charge in [-0.15, -0.1) is 18.3 Å². The number of esters is 1. The Bertz CT molecular complexity index is 771. The molecule has 31 heavy (non-hydrogen) atoms. The van der Waals surface area contributed by atoms with Crippen LogP contribution in [-0.2, 0) is 19.1 Å². The number of halogens is 1. The third-order valence-electron chi connectivity index (χ3n) is 6.65. The molecule has 1 spiro atoms. The number of rotatable bonds is 7. The second-order valence-electron chi connectivity index (χ2n) is 9.60. The molecule has 0 aromatic rings. The molecule has 0 saturated carbocycles. The standard InChI is InChI=1S/C22H33BrN2O5S/c1-7-9-24(21(4,5)6)19(28)17-22-10-13(23)16(31-22)14(20(29)30-8-2)15(22)18(27)25(17)12(3)11-26/h7,12-17,26H,1,8-11H2,2-6H3/t12-,13?,14-,15+,16-,17?,22?/m1/s1. The third kappa shape index (κ3) is 3.74. The van der Waals surface area contributed by atoms with Crippen molar-refractivity contribution in [1.82, 2.24) is 9.80 Å². The summed E-state index contributed by atoms with van der Waals surface area (Å²) in [5, 5.41) is 9.79. The van der Waals surface area contributed by atoms with Gasteiger partial charge in [-0.1, -0.05) is 22.0 Å². The summed E-state index contributed by atoms with van der Waals surface area (Å²) in [6.45, 7) is 13.5. The number of nitrogens with zero attached hydrogens (tertiary/aromatic N) is 2. The fourth-order valence-corrected chi connectivity index (χ4v) is 8.97. The number of fused-ring (bicyclic) bond motifs is 1. The lowest BCUT2D eigenvalue weighted by Crippen LogP contribution is -2.60. The second kappa shape index (κ2) is 8.71. The number of carbonyl (C=O) groups is 3. The van der Waals surface area contributed by atoms with Crippen LogP contribution in [0.1, 0.15) is 41.0 Å². The molecule has 3 rings (SSSR count). The van der Waals surface area contributed by atoms with Gasteiger partial charge in [-0.2, -0.15) is 0 Å². The molecule has 2 amide bonds. The van der Waals surface area contributed by atoms with Gasteiger partial charge in [-0.25, -0.2) is 0 Å². The normalized spacial score (nSPS) is 35.1. The largest absolute Gasteiger partial charge is 0.466 e. The van der Waals surface area contributed by atoms with E-state index in [0.717, 1.165) is 0 Å². The minimum Gasteiger partial charge on any atom is -0.466 e. The van der Waals surface area contributed by atoms with Crippen LogP contribution in [0.25, 0.3) is 0 Å². The molecule has 174 valence electrons. The van der Waals surface area contributed by atoms with E-state index in [1.807, 2.05) is 20.8 Å². The predicted molar refractivity (Wildman–Crippen MR) is 124 cm³/mol. The summed E-state index contributed by atoms with van der Waals surface area (Å²) in [6.07, 6.45) is 2.29. The molecule has 0 aromatic carbocycles. The molecule has 3 aliphatic heterocycles. The molecular weight excluding hydrogens is 484 g/mol. The Balaban J connectivity index is 2.13. The molecule has 3 heterocycles. The van der Waals surface area contributed by atoms with E-state index in [1.165, 1.54) is 4.90 Å². The number of ether oxygens (including phenoxy) is 1. The average molecular weight is 517 g/mol. The van der Waals surface area contributed by atoms with Crippen molar-refractivity contribution in [2.75, 3.05) is 19.8 Å². The van der Waals surface area contributed by atoms with Crippen molar-refractivity contribution in [2.24, 2.45) is 11.8 Å². The van der Waals surface area contributed by atoms with Crippen LogP contribution in [0.4, 0.5) is 0 Å². The van der Waals surface area contributed by atoms with Crippen LogP contribution in [0, 0.1) is 11.8 Å². The lowest BCUT2D eigenvalue weighted by molar-refractivity contribution is -0.154. The first-order valence-corrected chi connectivity index (χ1v) is 12.6. The molecule has 3 aliphatic rings. The molecule has 0 aliphatic carbocycles. The van der Waals surface area contributed by atoms with Crippen molar-refractivity contribution in [3.63, 3.8) is 0 Å². The van der Waals surface area contributed by atoms with Gasteiger partial charge >= 0.3 is 5.97 Å². The topological polar surface area (TPSA) is 87.2 Å². The monoisotopic (exact) mass is 516 g/mol. The van der Waals surface area contributed by atoms with Gasteiger partial charge in [0, 0.05) is 22.2 Å². The van der Waals surface area contributed by atoms with Crippen LogP contribution in [0.2, 0.25) is 0 Å². The fraction of sp³-hybridized carbons (Fsp3) is 0.773. The van der Waals surface area contributed by atoms with Crippen molar-refractivity contribution in [3.8, 4) is 0 Å². The molecule has 9 heteroatoms. The van der Waals surface area contributed by atoms with Gasteiger partial charge in [-0.05, 0) is 41.0 Å². The number of amides is 2. The molecule has 2 bridgehead atoms. The zero-order chi connectivity index (χ0) is 23.3. The molecule has 1 N–H and O–H groups in total. The highest BCUT2D eigenvalue weighted by Gasteiger charge is 2.76. The summed E-state index contributed by atoms with van der Waals surface area (Å²) in [7, 11) is 0. The maximum atomic E-state index is 14.1. The first-order chi connectivity index (χ1) is 14.5.